The molecule has 3 atom stereocenters. The molecule has 1 aromatic rings. The molecule has 0 spiro atoms. The lowest BCUT2D eigenvalue weighted by Gasteiger charge is -2.21. The van der Waals surface area contributed by atoms with Crippen LogP contribution in [0.5, 0.6) is 0 Å². The molecule has 0 radical (unpaired) electrons. The topological polar surface area (TPSA) is 49.3 Å². The van der Waals surface area contributed by atoms with Gasteiger partial charge in [-0.25, -0.2) is 4.79 Å². The zero-order chi connectivity index (χ0) is 12.0. The van der Waals surface area contributed by atoms with Crippen LogP contribution in [0.4, 0.5) is 5.00 Å². The van der Waals surface area contributed by atoms with Gasteiger partial charge in [0.25, 0.3) is 0 Å². The number of fused-ring (bicyclic) bond motifs is 2. The highest BCUT2D eigenvalue weighted by Gasteiger charge is 2.42. The van der Waals surface area contributed by atoms with Gasteiger partial charge in [-0.1, -0.05) is 6.42 Å². The molecule has 2 bridgehead atoms. The molecule has 3 rings (SSSR count). The molecule has 2 aliphatic rings. The summed E-state index contributed by atoms with van der Waals surface area (Å²) in [6.07, 6.45) is 5.16. The van der Waals surface area contributed by atoms with Gasteiger partial charge in [-0.15, -0.1) is 11.3 Å². The zero-order valence-electron chi connectivity index (χ0n) is 9.90. The van der Waals surface area contributed by atoms with Gasteiger partial charge < -0.3 is 10.4 Å². The molecule has 2 fully saturated rings. The fraction of sp³-hybridized carbons (Fsp3) is 0.615. The Bertz CT molecular complexity index is 454. The Labute approximate surface area is 105 Å². The van der Waals surface area contributed by atoms with Gasteiger partial charge in [-0.3, -0.25) is 0 Å². The molecule has 4 heteroatoms. The van der Waals surface area contributed by atoms with E-state index in [1.807, 2.05) is 0 Å². The van der Waals surface area contributed by atoms with E-state index in [0.717, 1.165) is 22.4 Å². The maximum Gasteiger partial charge on any atom is 0.338 e. The van der Waals surface area contributed by atoms with Crippen molar-refractivity contribution in [3.63, 3.8) is 0 Å². The number of carboxylic acid groups (broad SMARTS) is 1. The second kappa shape index (κ2) is 4.02. The largest absolute Gasteiger partial charge is 0.478 e. The maximum absolute atomic E-state index is 11.4. The molecule has 0 amide bonds. The summed E-state index contributed by atoms with van der Waals surface area (Å²) in [5.74, 6) is 1.30. The van der Waals surface area contributed by atoms with Gasteiger partial charge in [0, 0.05) is 7.05 Å². The van der Waals surface area contributed by atoms with Crippen LogP contribution in [0.3, 0.4) is 0 Å². The van der Waals surface area contributed by atoms with E-state index in [9.17, 15) is 9.90 Å². The van der Waals surface area contributed by atoms with E-state index in [1.54, 1.807) is 7.05 Å². The average Bonchev–Trinajstić information content (AvgIpc) is 3.02. The molecule has 2 N–H and O–H groups in total. The second-order valence-corrected chi connectivity index (χ2v) is 6.11. The van der Waals surface area contributed by atoms with Crippen molar-refractivity contribution >= 4 is 22.3 Å². The number of carboxylic acids is 1. The van der Waals surface area contributed by atoms with Gasteiger partial charge in [0.1, 0.15) is 5.00 Å². The van der Waals surface area contributed by atoms with Crippen LogP contribution in [-0.4, -0.2) is 18.1 Å². The molecule has 3 unspecified atom stereocenters. The van der Waals surface area contributed by atoms with Gasteiger partial charge in [0.05, 0.1) is 5.56 Å². The zero-order valence-corrected chi connectivity index (χ0v) is 10.7. The first-order chi connectivity index (χ1) is 8.20. The first-order valence-electron chi connectivity index (χ1n) is 6.23. The van der Waals surface area contributed by atoms with Gasteiger partial charge in [0.15, 0.2) is 0 Å². The molecule has 17 heavy (non-hydrogen) atoms. The van der Waals surface area contributed by atoms with Crippen molar-refractivity contribution in [1.29, 1.82) is 0 Å². The predicted molar refractivity (Wildman–Crippen MR) is 69.0 cm³/mol. The van der Waals surface area contributed by atoms with Crippen molar-refractivity contribution in [1.82, 2.24) is 0 Å². The average molecular weight is 251 g/mol. The molecule has 1 heterocycles. The van der Waals surface area contributed by atoms with Crippen LogP contribution in [0, 0.1) is 11.8 Å². The second-order valence-electron chi connectivity index (χ2n) is 5.23. The van der Waals surface area contributed by atoms with Crippen LogP contribution < -0.4 is 5.32 Å². The molecule has 3 nitrogen and oxygen atoms in total. The molecular formula is C13H17NO2S. The van der Waals surface area contributed by atoms with Crippen molar-refractivity contribution in [2.24, 2.45) is 11.8 Å². The van der Waals surface area contributed by atoms with Crippen LogP contribution in [0.25, 0.3) is 0 Å². The smallest absolute Gasteiger partial charge is 0.338 e. The van der Waals surface area contributed by atoms with Crippen molar-refractivity contribution in [2.45, 2.75) is 31.6 Å². The minimum absolute atomic E-state index is 0.498. The Hall–Kier alpha value is -1.03. The molecule has 2 saturated carbocycles. The molecule has 2 aliphatic carbocycles. The Balaban J connectivity index is 1.98. The van der Waals surface area contributed by atoms with E-state index < -0.39 is 5.97 Å². The highest BCUT2D eigenvalue weighted by atomic mass is 32.1. The summed E-state index contributed by atoms with van der Waals surface area (Å²) in [5, 5.41) is 15.2. The minimum Gasteiger partial charge on any atom is -0.478 e. The number of hydrogen-bond donors (Lipinski definition) is 2. The first-order valence-corrected chi connectivity index (χ1v) is 7.11. The summed E-state index contributed by atoms with van der Waals surface area (Å²) in [4.78, 5) is 11.4. The summed E-state index contributed by atoms with van der Waals surface area (Å²) in [6.45, 7) is 0. The lowest BCUT2D eigenvalue weighted by molar-refractivity contribution is 0.0696. The molecule has 0 aromatic carbocycles. The number of thiophene rings is 1. The summed E-state index contributed by atoms with van der Waals surface area (Å²) < 4.78 is 0. The SMILES string of the molecule is CNc1scc(C2CC3CCC2C3)c1C(=O)O. The molecule has 92 valence electrons. The van der Waals surface area contributed by atoms with E-state index in [2.05, 4.69) is 10.7 Å². The highest BCUT2D eigenvalue weighted by Crippen LogP contribution is 2.54. The number of nitrogens with one attached hydrogen (secondary N) is 1. The number of rotatable bonds is 3. The predicted octanol–water partition coefficient (Wildman–Crippen LogP) is 3.39. The standard InChI is InChI=1S/C13H17NO2S/c1-14-12-11(13(15)16)10(6-17-12)9-5-7-2-3-8(9)4-7/h6-9,14H,2-5H2,1H3,(H,15,16). The fourth-order valence-electron chi connectivity index (χ4n) is 3.67. The monoisotopic (exact) mass is 251 g/mol. The summed E-state index contributed by atoms with van der Waals surface area (Å²) in [6, 6.07) is 0. The molecule has 0 aliphatic heterocycles. The molecule has 1 aromatic heterocycles. The quantitative estimate of drug-likeness (QED) is 0.865. The van der Waals surface area contributed by atoms with Crippen LogP contribution in [0.1, 0.15) is 47.5 Å². The van der Waals surface area contributed by atoms with Crippen LogP contribution in [-0.2, 0) is 0 Å². The molecular weight excluding hydrogens is 234 g/mol. The Kier molecular flexibility index (Phi) is 2.62. The Morgan fingerprint density at radius 2 is 2.29 bits per heavy atom. The Morgan fingerprint density at radius 3 is 2.82 bits per heavy atom. The fourth-order valence-corrected chi connectivity index (χ4v) is 4.65. The summed E-state index contributed by atoms with van der Waals surface area (Å²) in [5.41, 5.74) is 1.61. The number of carbonyl (C=O) groups is 1. The van der Waals surface area contributed by atoms with Gasteiger partial charge in [0.2, 0.25) is 0 Å². The third-order valence-corrected chi connectivity index (χ3v) is 5.41. The van der Waals surface area contributed by atoms with Crippen LogP contribution in [0.2, 0.25) is 0 Å². The van der Waals surface area contributed by atoms with Gasteiger partial charge >= 0.3 is 5.97 Å². The Morgan fingerprint density at radius 1 is 1.47 bits per heavy atom. The van der Waals surface area contributed by atoms with Gasteiger partial charge in [-0.2, -0.15) is 0 Å². The van der Waals surface area contributed by atoms with Crippen LogP contribution in [0.15, 0.2) is 5.38 Å². The van der Waals surface area contributed by atoms with E-state index in [4.69, 9.17) is 0 Å². The lowest BCUT2D eigenvalue weighted by Crippen LogP contribution is -2.12. The van der Waals surface area contributed by atoms with Crippen molar-refractivity contribution in [3.05, 3.63) is 16.5 Å². The van der Waals surface area contributed by atoms with Gasteiger partial charge in [-0.05, 0) is 48.0 Å². The van der Waals surface area contributed by atoms with Crippen LogP contribution >= 0.6 is 11.3 Å². The van der Waals surface area contributed by atoms with E-state index in [1.165, 1.54) is 37.0 Å². The third kappa shape index (κ3) is 1.66. The summed E-state index contributed by atoms with van der Waals surface area (Å²) in [7, 11) is 1.79. The van der Waals surface area contributed by atoms with Crippen molar-refractivity contribution in [3.8, 4) is 0 Å². The molecule has 0 saturated heterocycles. The minimum atomic E-state index is -0.784. The number of anilines is 1. The van der Waals surface area contributed by atoms with E-state index in [-0.39, 0.29) is 0 Å². The maximum atomic E-state index is 11.4. The van der Waals surface area contributed by atoms with E-state index >= 15 is 0 Å². The van der Waals surface area contributed by atoms with Crippen molar-refractivity contribution in [2.75, 3.05) is 12.4 Å². The number of hydrogen-bond acceptors (Lipinski definition) is 3. The highest BCUT2D eigenvalue weighted by molar-refractivity contribution is 7.14. The summed E-state index contributed by atoms with van der Waals surface area (Å²) >= 11 is 1.53. The number of aromatic carboxylic acids is 1. The normalized spacial score (nSPS) is 30.8. The third-order valence-electron chi connectivity index (χ3n) is 4.40. The van der Waals surface area contributed by atoms with E-state index in [0.29, 0.717) is 11.5 Å². The first kappa shape index (κ1) is 11.1. The van der Waals surface area contributed by atoms with Crippen molar-refractivity contribution < 1.29 is 9.90 Å². The lowest BCUT2D eigenvalue weighted by atomic mass is 9.83.